The predicted octanol–water partition coefficient (Wildman–Crippen LogP) is 3.31. The molecule has 0 radical (unpaired) electrons. The Bertz CT molecular complexity index is 1360. The van der Waals surface area contributed by atoms with Crippen molar-refractivity contribution in [2.75, 3.05) is 13.7 Å². The minimum atomic E-state index is -1.77. The van der Waals surface area contributed by atoms with Crippen molar-refractivity contribution in [3.8, 4) is 0 Å². The van der Waals surface area contributed by atoms with Crippen LogP contribution < -0.4 is 5.32 Å². The van der Waals surface area contributed by atoms with Crippen LogP contribution in [-0.4, -0.2) is 79.6 Å². The largest absolute Gasteiger partial charge is 0.467 e. The van der Waals surface area contributed by atoms with Crippen molar-refractivity contribution in [2.24, 2.45) is 0 Å². The van der Waals surface area contributed by atoms with Crippen LogP contribution in [-0.2, 0) is 59.0 Å². The summed E-state index contributed by atoms with van der Waals surface area (Å²) < 4.78 is 34.5. The first-order valence-electron chi connectivity index (χ1n) is 14.8. The van der Waals surface area contributed by atoms with Gasteiger partial charge in [0.2, 0.25) is 5.91 Å². The number of esters is 4. The second-order valence-corrected chi connectivity index (χ2v) is 10.9. The summed E-state index contributed by atoms with van der Waals surface area (Å²) in [6.07, 6.45) is -2.01. The number of hydrogen-bond donors (Lipinski definition) is 1. The Balaban J connectivity index is 2.10. The lowest BCUT2D eigenvalue weighted by Gasteiger charge is -2.49. The van der Waals surface area contributed by atoms with Crippen LogP contribution in [0.4, 0.5) is 0 Å². The first kappa shape index (κ1) is 35.9. The molecule has 0 aromatic heterocycles. The molecule has 0 unspecified atom stereocenters. The first-order chi connectivity index (χ1) is 21.9. The zero-order chi connectivity index (χ0) is 33.7. The molecule has 1 aliphatic heterocycles. The van der Waals surface area contributed by atoms with Gasteiger partial charge in [-0.2, -0.15) is 0 Å². The van der Waals surface area contributed by atoms with Crippen LogP contribution in [0.25, 0.3) is 6.08 Å². The van der Waals surface area contributed by atoms with Gasteiger partial charge in [-0.3, -0.25) is 19.2 Å². The third kappa shape index (κ3) is 10.5. The highest BCUT2D eigenvalue weighted by molar-refractivity contribution is 5.81. The fraction of sp³-hybridized carbons (Fsp3) is 0.441. The van der Waals surface area contributed by atoms with E-state index in [1.807, 2.05) is 60.7 Å². The number of hydrogen-bond acceptors (Lipinski definition) is 11. The molecule has 0 spiro atoms. The molecule has 0 bridgehead atoms. The van der Waals surface area contributed by atoms with Crippen molar-refractivity contribution in [1.29, 1.82) is 0 Å². The van der Waals surface area contributed by atoms with Gasteiger partial charge >= 0.3 is 23.9 Å². The van der Waals surface area contributed by atoms with Gasteiger partial charge in [-0.1, -0.05) is 72.8 Å². The number of carbonyl (C=O) groups excluding carboxylic acids is 5. The van der Waals surface area contributed by atoms with Crippen molar-refractivity contribution in [3.63, 3.8) is 0 Å². The van der Waals surface area contributed by atoms with E-state index in [2.05, 4.69) is 5.32 Å². The summed E-state index contributed by atoms with van der Waals surface area (Å²) in [5.74, 6) is -3.47. The van der Waals surface area contributed by atoms with Crippen LogP contribution in [0.3, 0.4) is 0 Å². The standard InChI is InChI=1S/C34H41NO11/c1-22(36)35-30-28(43-23(2)37)19-34(33(40)41-5,18-12-17-26-13-8-6-9-14-26)46-32(30)31(45-25(4)39)29(44-24(3)38)21-42-20-27-15-10-7-11-16-27/h6-17,28-32H,18-21H2,1-5H3,(H,35,36)/b17-12+/t28-,29+,30+,31+,32+,34+/m0/s1. The number of carbonyl (C=O) groups is 5. The second kappa shape index (κ2) is 17.2. The second-order valence-electron chi connectivity index (χ2n) is 10.9. The smallest absolute Gasteiger partial charge is 0.338 e. The summed E-state index contributed by atoms with van der Waals surface area (Å²) in [5.41, 5.74) is -0.0853. The number of benzene rings is 2. The minimum absolute atomic E-state index is 0.0504. The van der Waals surface area contributed by atoms with Crippen LogP contribution in [0.2, 0.25) is 0 Å². The number of amides is 1. The Labute approximate surface area is 268 Å². The Kier molecular flexibility index (Phi) is 13.5. The van der Waals surface area contributed by atoms with Gasteiger partial charge in [0.05, 0.1) is 26.4 Å². The first-order valence-corrected chi connectivity index (χ1v) is 14.8. The SMILES string of the molecule is COC(=O)[C@@]1(C/C=C/c2ccccc2)C[C@H](OC(C)=O)[C@@H](NC(C)=O)[C@H]([C@H](OC(C)=O)[C@@H](COCc2ccccc2)OC(C)=O)O1. The molecular weight excluding hydrogens is 598 g/mol. The number of methoxy groups -OCH3 is 1. The zero-order valence-electron chi connectivity index (χ0n) is 26.6. The Morgan fingerprint density at radius 2 is 1.54 bits per heavy atom. The zero-order valence-corrected chi connectivity index (χ0v) is 26.6. The van der Waals surface area contributed by atoms with Crippen molar-refractivity contribution in [1.82, 2.24) is 5.32 Å². The normalized spacial score (nSPS) is 22.2. The lowest BCUT2D eigenvalue weighted by Crippen LogP contribution is -2.68. The van der Waals surface area contributed by atoms with Crippen molar-refractivity contribution in [3.05, 3.63) is 77.9 Å². The highest BCUT2D eigenvalue weighted by Gasteiger charge is 2.57. The van der Waals surface area contributed by atoms with Crippen LogP contribution in [0.1, 0.15) is 51.7 Å². The molecule has 46 heavy (non-hydrogen) atoms. The summed E-state index contributed by atoms with van der Waals surface area (Å²) in [5, 5.41) is 2.72. The van der Waals surface area contributed by atoms with E-state index in [0.29, 0.717) is 0 Å². The third-order valence-corrected chi connectivity index (χ3v) is 7.15. The summed E-state index contributed by atoms with van der Waals surface area (Å²) >= 11 is 0. The molecule has 1 saturated heterocycles. The average molecular weight is 640 g/mol. The van der Waals surface area contributed by atoms with Gasteiger partial charge in [0, 0.05) is 40.5 Å². The van der Waals surface area contributed by atoms with Crippen molar-refractivity contribution >= 4 is 35.9 Å². The average Bonchev–Trinajstić information content (AvgIpc) is 3.00. The summed E-state index contributed by atoms with van der Waals surface area (Å²) in [4.78, 5) is 63.1. The van der Waals surface area contributed by atoms with Gasteiger partial charge in [0.25, 0.3) is 0 Å². The molecule has 1 amide bonds. The van der Waals surface area contributed by atoms with Gasteiger partial charge in [0.15, 0.2) is 17.8 Å². The monoisotopic (exact) mass is 639 g/mol. The molecule has 0 saturated carbocycles. The van der Waals surface area contributed by atoms with E-state index in [9.17, 15) is 24.0 Å². The lowest BCUT2D eigenvalue weighted by molar-refractivity contribution is -0.242. The fourth-order valence-corrected chi connectivity index (χ4v) is 5.36. The summed E-state index contributed by atoms with van der Waals surface area (Å²) in [6, 6.07) is 17.4. The van der Waals surface area contributed by atoms with Crippen LogP contribution in [0, 0.1) is 0 Å². The van der Waals surface area contributed by atoms with Gasteiger partial charge in [-0.15, -0.1) is 0 Å². The summed E-state index contributed by atoms with van der Waals surface area (Å²) in [6.45, 7) is 4.65. The maximum Gasteiger partial charge on any atom is 0.338 e. The molecule has 1 heterocycles. The molecule has 0 aliphatic carbocycles. The molecule has 1 fully saturated rings. The molecule has 2 aromatic carbocycles. The Morgan fingerprint density at radius 1 is 0.913 bits per heavy atom. The quantitative estimate of drug-likeness (QED) is 0.239. The van der Waals surface area contributed by atoms with E-state index in [-0.39, 0.29) is 26.1 Å². The molecule has 3 rings (SSSR count). The van der Waals surface area contributed by atoms with Crippen molar-refractivity contribution in [2.45, 2.75) is 83.2 Å². The van der Waals surface area contributed by atoms with E-state index < -0.39 is 65.8 Å². The topological polar surface area (TPSA) is 153 Å². The van der Waals surface area contributed by atoms with Crippen molar-refractivity contribution < 1.29 is 52.4 Å². The van der Waals surface area contributed by atoms with Crippen LogP contribution >= 0.6 is 0 Å². The Morgan fingerprint density at radius 3 is 2.11 bits per heavy atom. The molecule has 248 valence electrons. The van der Waals surface area contributed by atoms with Gasteiger partial charge in [-0.25, -0.2) is 4.79 Å². The third-order valence-electron chi connectivity index (χ3n) is 7.15. The molecular formula is C34H41NO11. The van der Waals surface area contributed by atoms with Crippen LogP contribution in [0.15, 0.2) is 66.7 Å². The molecule has 12 nitrogen and oxygen atoms in total. The van der Waals surface area contributed by atoms with E-state index in [4.69, 9.17) is 28.4 Å². The van der Waals surface area contributed by atoms with E-state index in [0.717, 1.165) is 18.1 Å². The maximum absolute atomic E-state index is 13.5. The van der Waals surface area contributed by atoms with Gasteiger partial charge < -0.3 is 33.7 Å². The van der Waals surface area contributed by atoms with E-state index >= 15 is 0 Å². The number of nitrogens with one attached hydrogen (secondary N) is 1. The summed E-state index contributed by atoms with van der Waals surface area (Å²) in [7, 11) is 1.19. The minimum Gasteiger partial charge on any atom is -0.467 e. The number of rotatable bonds is 14. The number of ether oxygens (including phenoxy) is 6. The molecule has 12 heteroatoms. The Hall–Kier alpha value is -4.55. The molecule has 1 N–H and O–H groups in total. The molecule has 6 atom stereocenters. The molecule has 1 aliphatic rings. The van der Waals surface area contributed by atoms with Gasteiger partial charge in [-0.05, 0) is 11.1 Å². The highest BCUT2D eigenvalue weighted by atomic mass is 16.6. The molecule has 2 aromatic rings. The van der Waals surface area contributed by atoms with Gasteiger partial charge in [0.1, 0.15) is 12.2 Å². The predicted molar refractivity (Wildman–Crippen MR) is 165 cm³/mol. The maximum atomic E-state index is 13.5. The van der Waals surface area contributed by atoms with E-state index in [1.54, 1.807) is 12.2 Å². The lowest BCUT2D eigenvalue weighted by atomic mass is 9.81. The van der Waals surface area contributed by atoms with E-state index in [1.165, 1.54) is 27.9 Å². The highest BCUT2D eigenvalue weighted by Crippen LogP contribution is 2.38. The fourth-order valence-electron chi connectivity index (χ4n) is 5.36. The van der Waals surface area contributed by atoms with Crippen LogP contribution in [0.5, 0.6) is 0 Å².